The Labute approximate surface area is 186 Å². The van der Waals surface area contributed by atoms with Crippen LogP contribution in [0, 0.1) is 0 Å². The molecule has 0 bridgehead atoms. The van der Waals surface area contributed by atoms with Crippen molar-refractivity contribution in [2.24, 2.45) is 5.73 Å². The van der Waals surface area contributed by atoms with Gasteiger partial charge in [-0.2, -0.15) is 0 Å². The van der Waals surface area contributed by atoms with Crippen LogP contribution in [0.15, 0.2) is 18.3 Å². The average molecular weight is 466 g/mol. The van der Waals surface area contributed by atoms with Crippen LogP contribution < -0.4 is 21.7 Å². The fourth-order valence-electron chi connectivity index (χ4n) is 2.76. The highest BCUT2D eigenvalue weighted by Gasteiger charge is 2.26. The fourth-order valence-corrected chi connectivity index (χ4v) is 3.96. The number of halogens is 1. The maximum Gasteiger partial charge on any atom is 0.314 e. The van der Waals surface area contributed by atoms with Gasteiger partial charge in [-0.25, -0.2) is 9.97 Å². The number of fused-ring (bicyclic) bond motifs is 1. The number of amides is 4. The number of aromatic nitrogens is 2. The largest absolute Gasteiger partial charge is 0.368 e. The van der Waals surface area contributed by atoms with Crippen molar-refractivity contribution in [1.29, 1.82) is 0 Å². The number of hydrogen-bond donors (Lipinski definition) is 4. The van der Waals surface area contributed by atoms with Crippen LogP contribution in [0.1, 0.15) is 20.4 Å². The number of carbonyl (C=O) groups is 4. The number of hydrogen-bond acceptors (Lipinski definition) is 8. The summed E-state index contributed by atoms with van der Waals surface area (Å²) in [7, 11) is 1.98. The predicted octanol–water partition coefficient (Wildman–Crippen LogP) is -0.482. The van der Waals surface area contributed by atoms with Crippen LogP contribution in [0.4, 0.5) is 5.82 Å². The predicted molar refractivity (Wildman–Crippen MR) is 113 cm³/mol. The molecule has 31 heavy (non-hydrogen) atoms. The van der Waals surface area contributed by atoms with Gasteiger partial charge in [-0.05, 0) is 19.2 Å². The molecule has 13 heteroatoms. The third-order valence-corrected chi connectivity index (χ3v) is 5.71. The second-order valence-electron chi connectivity index (χ2n) is 6.83. The smallest absolute Gasteiger partial charge is 0.314 e. The van der Waals surface area contributed by atoms with E-state index >= 15 is 0 Å². The lowest BCUT2D eigenvalue weighted by atomic mass is 10.2. The Morgan fingerprint density at radius 3 is 2.74 bits per heavy atom. The summed E-state index contributed by atoms with van der Waals surface area (Å²) in [6.45, 7) is 1.18. The molecule has 0 radical (unpaired) electrons. The normalized spacial score (nSPS) is 14.3. The number of pyridine rings is 1. The van der Waals surface area contributed by atoms with E-state index < -0.39 is 29.7 Å². The number of nitrogens with zero attached hydrogens (tertiary/aromatic N) is 3. The molecule has 0 aliphatic carbocycles. The third kappa shape index (κ3) is 5.96. The first-order valence-corrected chi connectivity index (χ1v) is 10.4. The zero-order valence-corrected chi connectivity index (χ0v) is 18.0. The second-order valence-corrected chi connectivity index (χ2v) is 8.35. The van der Waals surface area contributed by atoms with E-state index in [9.17, 15) is 19.2 Å². The first kappa shape index (κ1) is 22.6. The van der Waals surface area contributed by atoms with Gasteiger partial charge in [-0.1, -0.05) is 11.6 Å². The van der Waals surface area contributed by atoms with Crippen molar-refractivity contribution in [1.82, 2.24) is 25.5 Å². The van der Waals surface area contributed by atoms with Crippen LogP contribution in [0.25, 0.3) is 0 Å². The van der Waals surface area contributed by atoms with Gasteiger partial charge < -0.3 is 26.6 Å². The lowest BCUT2D eigenvalue weighted by Crippen LogP contribution is -2.52. The number of primary amides is 1. The first-order valence-electron chi connectivity index (χ1n) is 9.21. The molecule has 0 saturated heterocycles. The summed E-state index contributed by atoms with van der Waals surface area (Å²) in [5.74, 6) is -3.34. The van der Waals surface area contributed by atoms with E-state index in [-0.39, 0.29) is 17.4 Å². The van der Waals surface area contributed by atoms with Crippen molar-refractivity contribution in [2.45, 2.75) is 19.0 Å². The van der Waals surface area contributed by atoms with Crippen molar-refractivity contribution in [2.75, 3.05) is 25.5 Å². The highest BCUT2D eigenvalue weighted by molar-refractivity contribution is 7.13. The van der Waals surface area contributed by atoms with Crippen molar-refractivity contribution in [3.05, 3.63) is 38.9 Å². The summed E-state index contributed by atoms with van der Waals surface area (Å²) < 4.78 is 0. The number of carbonyl (C=O) groups excluding carboxylic acids is 4. The number of likely N-dealkylation sites (N-methyl/N-ethyl adjacent to an activating group) is 1. The number of thiazole rings is 1. The van der Waals surface area contributed by atoms with Crippen LogP contribution in [0.3, 0.4) is 0 Å². The molecule has 3 rings (SSSR count). The van der Waals surface area contributed by atoms with E-state index in [0.717, 1.165) is 23.5 Å². The Hall–Kier alpha value is -3.09. The van der Waals surface area contributed by atoms with Crippen LogP contribution in [-0.2, 0) is 27.3 Å². The van der Waals surface area contributed by atoms with Crippen molar-refractivity contribution in [3.63, 3.8) is 0 Å². The maximum absolute atomic E-state index is 12.5. The molecule has 3 heterocycles. The summed E-state index contributed by atoms with van der Waals surface area (Å²) in [5.41, 5.74) is 6.19. The fraction of sp³-hybridized carbons (Fsp3) is 0.333. The molecule has 2 aromatic heterocycles. The molecule has 0 saturated carbocycles. The standard InChI is InChI=1S/C18H20ClN7O4S/c1-26-5-4-10-12(8-26)31-18(24-10)17(30)23-11(14(20)27)7-22-15(28)16(29)25-13-3-2-9(19)6-21-13/h2-3,6,11H,4-5,7-8H2,1H3,(H2,20,27)(H,22,28)(H,23,30)(H,21,25,29). The number of nitrogens with two attached hydrogens (primary N) is 1. The molecule has 0 fully saturated rings. The summed E-state index contributed by atoms with van der Waals surface area (Å²) in [5, 5.41) is 7.58. The van der Waals surface area contributed by atoms with Crippen molar-refractivity contribution < 1.29 is 19.2 Å². The lowest BCUT2D eigenvalue weighted by Gasteiger charge is -2.20. The average Bonchev–Trinajstić information content (AvgIpc) is 3.15. The SMILES string of the molecule is CN1CCc2nc(C(=O)NC(CNC(=O)C(=O)Nc3ccc(Cl)cn3)C(N)=O)sc2C1. The van der Waals surface area contributed by atoms with Gasteiger partial charge in [-0.3, -0.25) is 19.2 Å². The van der Waals surface area contributed by atoms with Crippen molar-refractivity contribution >= 4 is 52.4 Å². The summed E-state index contributed by atoms with van der Waals surface area (Å²) >= 11 is 6.96. The number of rotatable bonds is 6. The molecular weight excluding hydrogens is 446 g/mol. The summed E-state index contributed by atoms with van der Waals surface area (Å²) in [4.78, 5) is 59.5. The van der Waals surface area contributed by atoms with Gasteiger partial charge >= 0.3 is 11.8 Å². The van der Waals surface area contributed by atoms with Gasteiger partial charge in [0, 0.05) is 37.1 Å². The molecule has 5 N–H and O–H groups in total. The zero-order chi connectivity index (χ0) is 22.5. The quantitative estimate of drug-likeness (QED) is 0.419. The highest BCUT2D eigenvalue weighted by atomic mass is 35.5. The van der Waals surface area contributed by atoms with Crippen LogP contribution in [-0.4, -0.2) is 64.7 Å². The molecule has 1 aliphatic rings. The van der Waals surface area contributed by atoms with E-state index in [2.05, 4.69) is 30.8 Å². The van der Waals surface area contributed by atoms with Crippen molar-refractivity contribution in [3.8, 4) is 0 Å². The lowest BCUT2D eigenvalue weighted by molar-refractivity contribution is -0.136. The number of anilines is 1. The van der Waals surface area contributed by atoms with Gasteiger partial charge in [0.05, 0.1) is 10.7 Å². The molecule has 11 nitrogen and oxygen atoms in total. The van der Waals surface area contributed by atoms with E-state index in [0.29, 0.717) is 11.6 Å². The molecule has 4 amide bonds. The van der Waals surface area contributed by atoms with E-state index in [1.165, 1.54) is 29.7 Å². The summed E-state index contributed by atoms with van der Waals surface area (Å²) in [6.07, 6.45) is 2.05. The van der Waals surface area contributed by atoms with Gasteiger partial charge in [0.1, 0.15) is 11.9 Å². The molecule has 164 valence electrons. The molecule has 2 aromatic rings. The minimum atomic E-state index is -1.22. The Bertz CT molecular complexity index is 1010. The highest BCUT2D eigenvalue weighted by Crippen LogP contribution is 2.24. The minimum Gasteiger partial charge on any atom is -0.368 e. The minimum absolute atomic E-state index is 0.127. The Balaban J connectivity index is 1.55. The van der Waals surface area contributed by atoms with Crippen LogP contribution in [0.5, 0.6) is 0 Å². The van der Waals surface area contributed by atoms with E-state index in [4.69, 9.17) is 17.3 Å². The second kappa shape index (κ2) is 9.81. The van der Waals surface area contributed by atoms with Gasteiger partial charge in [-0.15, -0.1) is 11.3 Å². The molecule has 1 aliphatic heterocycles. The van der Waals surface area contributed by atoms with Crippen LogP contribution in [0.2, 0.25) is 5.02 Å². The molecule has 1 atom stereocenters. The molecule has 0 aromatic carbocycles. The molecule has 1 unspecified atom stereocenters. The van der Waals surface area contributed by atoms with Gasteiger partial charge in [0.25, 0.3) is 5.91 Å². The van der Waals surface area contributed by atoms with Gasteiger partial charge in [0.15, 0.2) is 5.01 Å². The number of nitrogens with one attached hydrogen (secondary N) is 3. The van der Waals surface area contributed by atoms with Gasteiger partial charge in [0.2, 0.25) is 5.91 Å². The van der Waals surface area contributed by atoms with Crippen LogP contribution >= 0.6 is 22.9 Å². The zero-order valence-electron chi connectivity index (χ0n) is 16.5. The summed E-state index contributed by atoms with van der Waals surface area (Å²) in [6, 6.07) is 1.70. The Morgan fingerprint density at radius 2 is 2.06 bits per heavy atom. The molecule has 0 spiro atoms. The third-order valence-electron chi connectivity index (χ3n) is 4.41. The maximum atomic E-state index is 12.5. The molecular formula is C18H20ClN7O4S. The first-order chi connectivity index (χ1) is 14.7. The van der Waals surface area contributed by atoms with E-state index in [1.807, 2.05) is 7.05 Å². The van der Waals surface area contributed by atoms with E-state index in [1.54, 1.807) is 0 Å². The Morgan fingerprint density at radius 1 is 1.29 bits per heavy atom. The monoisotopic (exact) mass is 465 g/mol. The Kier molecular flexibility index (Phi) is 7.15. The topological polar surface area (TPSA) is 159 Å².